The molecule has 1 aliphatic heterocycles. The molecule has 0 saturated heterocycles. The zero-order valence-electron chi connectivity index (χ0n) is 14.3. The Balaban J connectivity index is 1.59. The van der Waals surface area contributed by atoms with E-state index in [0.29, 0.717) is 13.2 Å². The van der Waals surface area contributed by atoms with Gasteiger partial charge in [0.15, 0.2) is 0 Å². The molecule has 126 valence electrons. The van der Waals surface area contributed by atoms with Crippen LogP contribution in [0.2, 0.25) is 0 Å². The third-order valence-electron chi connectivity index (χ3n) is 4.22. The molecular formula is C19H23N3O2. The number of amides is 2. The minimum Gasteiger partial charge on any atom is -0.491 e. The molecule has 0 unspecified atom stereocenters. The maximum absolute atomic E-state index is 12.4. The van der Waals surface area contributed by atoms with Crippen molar-refractivity contribution in [3.05, 3.63) is 59.7 Å². The lowest BCUT2D eigenvalue weighted by atomic mass is 10.1. The van der Waals surface area contributed by atoms with Gasteiger partial charge in [0.25, 0.3) is 0 Å². The minimum atomic E-state index is -0.100. The number of para-hydroxylation sites is 1. The SMILES string of the molecule is CN(Cc1ccc(N(C)C)cc1)C(=O)N[C@H]1COc2ccccc21. The molecule has 5 heteroatoms. The van der Waals surface area contributed by atoms with Gasteiger partial charge in [-0.25, -0.2) is 4.79 Å². The maximum atomic E-state index is 12.4. The molecule has 0 saturated carbocycles. The van der Waals surface area contributed by atoms with Crippen molar-refractivity contribution in [3.63, 3.8) is 0 Å². The summed E-state index contributed by atoms with van der Waals surface area (Å²) in [5.41, 5.74) is 3.28. The van der Waals surface area contributed by atoms with E-state index in [1.54, 1.807) is 11.9 Å². The van der Waals surface area contributed by atoms with E-state index in [4.69, 9.17) is 4.74 Å². The van der Waals surface area contributed by atoms with Gasteiger partial charge in [0.1, 0.15) is 12.4 Å². The summed E-state index contributed by atoms with van der Waals surface area (Å²) >= 11 is 0. The third kappa shape index (κ3) is 3.45. The fraction of sp³-hybridized carbons (Fsp3) is 0.316. The summed E-state index contributed by atoms with van der Waals surface area (Å²) in [5, 5.41) is 3.04. The van der Waals surface area contributed by atoms with Crippen LogP contribution in [0, 0.1) is 0 Å². The van der Waals surface area contributed by atoms with Crippen LogP contribution in [0.4, 0.5) is 10.5 Å². The summed E-state index contributed by atoms with van der Waals surface area (Å²) in [5.74, 6) is 0.852. The van der Waals surface area contributed by atoms with Crippen molar-refractivity contribution in [3.8, 4) is 5.75 Å². The first-order chi connectivity index (χ1) is 11.5. The Morgan fingerprint density at radius 2 is 1.83 bits per heavy atom. The van der Waals surface area contributed by atoms with Crippen LogP contribution in [0.3, 0.4) is 0 Å². The van der Waals surface area contributed by atoms with Gasteiger partial charge in [-0.15, -0.1) is 0 Å². The molecular weight excluding hydrogens is 302 g/mol. The fourth-order valence-electron chi connectivity index (χ4n) is 2.79. The van der Waals surface area contributed by atoms with E-state index in [9.17, 15) is 4.79 Å². The molecule has 3 rings (SSSR count). The van der Waals surface area contributed by atoms with Crippen LogP contribution in [0.15, 0.2) is 48.5 Å². The Hall–Kier alpha value is -2.69. The highest BCUT2D eigenvalue weighted by atomic mass is 16.5. The van der Waals surface area contributed by atoms with Crippen LogP contribution in [0.5, 0.6) is 5.75 Å². The van der Waals surface area contributed by atoms with E-state index in [1.807, 2.05) is 50.5 Å². The summed E-state index contributed by atoms with van der Waals surface area (Å²) < 4.78 is 5.61. The lowest BCUT2D eigenvalue weighted by Gasteiger charge is -2.21. The summed E-state index contributed by atoms with van der Waals surface area (Å²) in [6.45, 7) is 1.05. The van der Waals surface area contributed by atoms with Gasteiger partial charge in [0.05, 0.1) is 6.04 Å². The number of urea groups is 1. The molecule has 1 atom stereocenters. The Morgan fingerprint density at radius 1 is 1.12 bits per heavy atom. The Kier molecular flexibility index (Phi) is 4.60. The van der Waals surface area contributed by atoms with Gasteiger partial charge < -0.3 is 19.9 Å². The van der Waals surface area contributed by atoms with Crippen molar-refractivity contribution in [2.24, 2.45) is 0 Å². The van der Waals surface area contributed by atoms with E-state index in [2.05, 4.69) is 22.3 Å². The number of rotatable bonds is 4. The Labute approximate surface area is 142 Å². The number of fused-ring (bicyclic) bond motifs is 1. The fourth-order valence-corrected chi connectivity index (χ4v) is 2.79. The average molecular weight is 325 g/mol. The van der Waals surface area contributed by atoms with E-state index in [-0.39, 0.29) is 12.1 Å². The van der Waals surface area contributed by atoms with Crippen LogP contribution in [-0.2, 0) is 6.54 Å². The van der Waals surface area contributed by atoms with Crippen molar-refractivity contribution in [1.29, 1.82) is 0 Å². The second-order valence-electron chi connectivity index (χ2n) is 6.27. The summed E-state index contributed by atoms with van der Waals surface area (Å²) in [4.78, 5) is 16.2. The van der Waals surface area contributed by atoms with Gasteiger partial charge in [0, 0.05) is 38.9 Å². The molecule has 0 spiro atoms. The zero-order valence-corrected chi connectivity index (χ0v) is 14.3. The van der Waals surface area contributed by atoms with E-state index < -0.39 is 0 Å². The number of nitrogens with one attached hydrogen (secondary N) is 1. The van der Waals surface area contributed by atoms with Crippen molar-refractivity contribution in [2.75, 3.05) is 32.6 Å². The molecule has 2 aromatic rings. The standard InChI is InChI=1S/C19H23N3O2/c1-21(2)15-10-8-14(9-11-15)12-22(3)19(23)20-17-13-24-18-7-5-4-6-16(17)18/h4-11,17H,12-13H2,1-3H3,(H,20,23)/t17-/m0/s1. The predicted molar refractivity (Wildman–Crippen MR) is 95.4 cm³/mol. The van der Waals surface area contributed by atoms with Gasteiger partial charge in [-0.2, -0.15) is 0 Å². The summed E-state index contributed by atoms with van der Waals surface area (Å²) in [7, 11) is 5.82. The number of carbonyl (C=O) groups excluding carboxylic acids is 1. The first-order valence-corrected chi connectivity index (χ1v) is 8.04. The molecule has 0 radical (unpaired) electrons. The lowest BCUT2D eigenvalue weighted by molar-refractivity contribution is 0.199. The minimum absolute atomic E-state index is 0.0905. The van der Waals surface area contributed by atoms with E-state index in [0.717, 1.165) is 22.6 Å². The first-order valence-electron chi connectivity index (χ1n) is 8.04. The molecule has 0 aromatic heterocycles. The maximum Gasteiger partial charge on any atom is 0.318 e. The highest BCUT2D eigenvalue weighted by Gasteiger charge is 2.26. The van der Waals surface area contributed by atoms with Gasteiger partial charge in [-0.1, -0.05) is 30.3 Å². The van der Waals surface area contributed by atoms with Crippen LogP contribution < -0.4 is 15.0 Å². The molecule has 1 heterocycles. The summed E-state index contributed by atoms with van der Waals surface area (Å²) in [6.07, 6.45) is 0. The Bertz CT molecular complexity index is 713. The zero-order chi connectivity index (χ0) is 17.1. The molecule has 0 fully saturated rings. The normalized spacial score (nSPS) is 15.4. The van der Waals surface area contributed by atoms with Gasteiger partial charge in [-0.05, 0) is 23.8 Å². The number of nitrogens with zero attached hydrogens (tertiary/aromatic N) is 2. The molecule has 5 nitrogen and oxygen atoms in total. The first kappa shape index (κ1) is 16.2. The number of hydrogen-bond donors (Lipinski definition) is 1. The number of ether oxygens (including phenoxy) is 1. The van der Waals surface area contributed by atoms with Gasteiger partial charge >= 0.3 is 6.03 Å². The molecule has 1 aliphatic rings. The Morgan fingerprint density at radius 3 is 2.54 bits per heavy atom. The number of hydrogen-bond acceptors (Lipinski definition) is 3. The smallest absolute Gasteiger partial charge is 0.318 e. The van der Waals surface area contributed by atoms with Crippen LogP contribution in [0.1, 0.15) is 17.2 Å². The highest BCUT2D eigenvalue weighted by Crippen LogP contribution is 2.31. The second kappa shape index (κ2) is 6.83. The van der Waals surface area contributed by atoms with Gasteiger partial charge in [-0.3, -0.25) is 0 Å². The summed E-state index contributed by atoms with van der Waals surface area (Å²) in [6, 6.07) is 15.8. The monoisotopic (exact) mass is 325 g/mol. The molecule has 1 N–H and O–H groups in total. The number of benzene rings is 2. The number of anilines is 1. The predicted octanol–water partition coefficient (Wildman–Crippen LogP) is 3.03. The average Bonchev–Trinajstić information content (AvgIpc) is 2.98. The largest absolute Gasteiger partial charge is 0.491 e. The molecule has 24 heavy (non-hydrogen) atoms. The molecule has 2 aromatic carbocycles. The lowest BCUT2D eigenvalue weighted by Crippen LogP contribution is -2.39. The molecule has 2 amide bonds. The van der Waals surface area contributed by atoms with Crippen LogP contribution in [0.25, 0.3) is 0 Å². The third-order valence-corrected chi connectivity index (χ3v) is 4.22. The van der Waals surface area contributed by atoms with Crippen molar-refractivity contribution in [1.82, 2.24) is 10.2 Å². The van der Waals surface area contributed by atoms with Crippen molar-refractivity contribution < 1.29 is 9.53 Å². The topological polar surface area (TPSA) is 44.8 Å². The second-order valence-corrected chi connectivity index (χ2v) is 6.27. The van der Waals surface area contributed by atoms with Crippen LogP contribution >= 0.6 is 0 Å². The van der Waals surface area contributed by atoms with E-state index >= 15 is 0 Å². The highest BCUT2D eigenvalue weighted by molar-refractivity contribution is 5.74. The molecule has 0 bridgehead atoms. The van der Waals surface area contributed by atoms with Gasteiger partial charge in [0.2, 0.25) is 0 Å². The van der Waals surface area contributed by atoms with Crippen LogP contribution in [-0.4, -0.2) is 38.7 Å². The number of carbonyl (C=O) groups is 1. The van der Waals surface area contributed by atoms with Crippen molar-refractivity contribution in [2.45, 2.75) is 12.6 Å². The molecule has 0 aliphatic carbocycles. The quantitative estimate of drug-likeness (QED) is 0.940. The van der Waals surface area contributed by atoms with Crippen molar-refractivity contribution >= 4 is 11.7 Å². The van der Waals surface area contributed by atoms with E-state index in [1.165, 1.54) is 0 Å².